The molecule has 1 fully saturated rings. The fourth-order valence-electron chi connectivity index (χ4n) is 2.72. The van der Waals surface area contributed by atoms with Gasteiger partial charge >= 0.3 is 0 Å². The van der Waals surface area contributed by atoms with E-state index in [0.29, 0.717) is 6.61 Å². The largest absolute Gasteiger partial charge is 0.385 e. The number of amides is 1. The lowest BCUT2D eigenvalue weighted by atomic mass is 10.1. The molecule has 1 amide bonds. The van der Waals surface area contributed by atoms with Crippen LogP contribution in [-0.2, 0) is 16.0 Å². The van der Waals surface area contributed by atoms with E-state index in [-0.39, 0.29) is 12.0 Å². The molecule has 0 spiro atoms. The molecule has 2 aromatic carbocycles. The van der Waals surface area contributed by atoms with Crippen LogP contribution in [0.2, 0.25) is 5.02 Å². The Kier molecular flexibility index (Phi) is 5.72. The van der Waals surface area contributed by atoms with Gasteiger partial charge < -0.3 is 15.4 Å². The van der Waals surface area contributed by atoms with E-state index in [1.54, 1.807) is 0 Å². The summed E-state index contributed by atoms with van der Waals surface area (Å²) in [5.74, 6) is -0.0610. The number of nitrogens with one attached hydrogen (secondary N) is 2. The van der Waals surface area contributed by atoms with Crippen molar-refractivity contribution in [2.24, 2.45) is 0 Å². The van der Waals surface area contributed by atoms with Gasteiger partial charge in [0.05, 0.1) is 0 Å². The van der Waals surface area contributed by atoms with Crippen molar-refractivity contribution in [3.63, 3.8) is 0 Å². The third-order valence-electron chi connectivity index (χ3n) is 4.01. The molecule has 1 saturated heterocycles. The van der Waals surface area contributed by atoms with E-state index in [9.17, 15) is 4.79 Å². The van der Waals surface area contributed by atoms with Crippen LogP contribution in [0.25, 0.3) is 0 Å². The Balaban J connectivity index is 1.46. The van der Waals surface area contributed by atoms with Gasteiger partial charge in [-0.15, -0.1) is 0 Å². The SMILES string of the molecule is O=C(Nc1ccc(NCCc2cccc(Cl)c2)cc1)C1CCCO1. The number of ether oxygens (including phenoxy) is 1. The van der Waals surface area contributed by atoms with Crippen LogP contribution in [0.1, 0.15) is 18.4 Å². The highest BCUT2D eigenvalue weighted by atomic mass is 35.5. The van der Waals surface area contributed by atoms with Crippen molar-refractivity contribution in [3.05, 3.63) is 59.1 Å². The van der Waals surface area contributed by atoms with Crippen LogP contribution in [-0.4, -0.2) is 25.2 Å². The average molecular weight is 345 g/mol. The molecule has 0 saturated carbocycles. The molecular formula is C19H21ClN2O2. The lowest BCUT2D eigenvalue weighted by molar-refractivity contribution is -0.124. The van der Waals surface area contributed by atoms with Gasteiger partial charge in [0.15, 0.2) is 0 Å². The maximum Gasteiger partial charge on any atom is 0.253 e. The first-order valence-electron chi connectivity index (χ1n) is 8.21. The summed E-state index contributed by atoms with van der Waals surface area (Å²) >= 11 is 5.98. The van der Waals surface area contributed by atoms with E-state index in [1.165, 1.54) is 5.56 Å². The predicted molar refractivity (Wildman–Crippen MR) is 97.7 cm³/mol. The third kappa shape index (κ3) is 4.73. The van der Waals surface area contributed by atoms with Gasteiger partial charge in [0, 0.05) is 29.5 Å². The van der Waals surface area contributed by atoms with Gasteiger partial charge in [-0.2, -0.15) is 0 Å². The minimum absolute atomic E-state index is 0.0610. The highest BCUT2D eigenvalue weighted by Gasteiger charge is 2.23. The second-order valence-electron chi connectivity index (χ2n) is 5.87. The fraction of sp³-hybridized carbons (Fsp3) is 0.316. The standard InChI is InChI=1S/C19H21ClN2O2/c20-15-4-1-3-14(13-15)10-11-21-16-6-8-17(9-7-16)22-19(23)18-5-2-12-24-18/h1,3-4,6-9,13,18,21H,2,5,10-12H2,(H,22,23). The summed E-state index contributed by atoms with van der Waals surface area (Å²) in [5, 5.41) is 7.02. The van der Waals surface area contributed by atoms with Gasteiger partial charge in [0.25, 0.3) is 5.91 Å². The number of anilines is 2. The molecule has 0 radical (unpaired) electrons. The molecule has 3 rings (SSSR count). The zero-order valence-corrected chi connectivity index (χ0v) is 14.2. The number of carbonyl (C=O) groups excluding carboxylic acids is 1. The number of hydrogen-bond acceptors (Lipinski definition) is 3. The smallest absolute Gasteiger partial charge is 0.253 e. The summed E-state index contributed by atoms with van der Waals surface area (Å²) in [6.45, 7) is 1.50. The van der Waals surface area contributed by atoms with Crippen LogP contribution in [0.3, 0.4) is 0 Å². The Morgan fingerprint density at radius 3 is 2.67 bits per heavy atom. The lowest BCUT2D eigenvalue weighted by Gasteiger charge is -2.11. The van der Waals surface area contributed by atoms with Crippen molar-refractivity contribution in [1.82, 2.24) is 0 Å². The highest BCUT2D eigenvalue weighted by Crippen LogP contribution is 2.17. The zero-order chi connectivity index (χ0) is 16.8. The molecule has 24 heavy (non-hydrogen) atoms. The molecule has 1 unspecified atom stereocenters. The Morgan fingerprint density at radius 1 is 1.17 bits per heavy atom. The van der Waals surface area contributed by atoms with Crippen molar-refractivity contribution in [2.45, 2.75) is 25.4 Å². The lowest BCUT2D eigenvalue weighted by Crippen LogP contribution is -2.26. The van der Waals surface area contributed by atoms with Crippen LogP contribution < -0.4 is 10.6 Å². The number of benzene rings is 2. The van der Waals surface area contributed by atoms with E-state index in [0.717, 1.165) is 42.2 Å². The molecule has 0 bridgehead atoms. The number of carbonyl (C=O) groups is 1. The van der Waals surface area contributed by atoms with Gasteiger partial charge in [-0.05, 0) is 61.2 Å². The topological polar surface area (TPSA) is 50.4 Å². The molecule has 126 valence electrons. The van der Waals surface area contributed by atoms with Gasteiger partial charge in [-0.1, -0.05) is 23.7 Å². The maximum absolute atomic E-state index is 12.0. The van der Waals surface area contributed by atoms with Gasteiger partial charge in [-0.3, -0.25) is 4.79 Å². The highest BCUT2D eigenvalue weighted by molar-refractivity contribution is 6.30. The van der Waals surface area contributed by atoms with Crippen molar-refractivity contribution >= 4 is 28.9 Å². The van der Waals surface area contributed by atoms with Crippen molar-refractivity contribution in [3.8, 4) is 0 Å². The molecule has 1 heterocycles. The minimum atomic E-state index is -0.305. The van der Waals surface area contributed by atoms with Gasteiger partial charge in [-0.25, -0.2) is 0 Å². The first-order chi connectivity index (χ1) is 11.7. The summed E-state index contributed by atoms with van der Waals surface area (Å²) in [6, 6.07) is 15.6. The monoisotopic (exact) mass is 344 g/mol. The Bertz CT molecular complexity index is 682. The fourth-order valence-corrected chi connectivity index (χ4v) is 2.94. The molecule has 1 aliphatic heterocycles. The van der Waals surface area contributed by atoms with E-state index in [2.05, 4.69) is 16.7 Å². The Morgan fingerprint density at radius 2 is 1.96 bits per heavy atom. The van der Waals surface area contributed by atoms with E-state index < -0.39 is 0 Å². The van der Waals surface area contributed by atoms with E-state index in [4.69, 9.17) is 16.3 Å². The summed E-state index contributed by atoms with van der Waals surface area (Å²) in [6.07, 6.45) is 2.35. The summed E-state index contributed by atoms with van der Waals surface area (Å²) in [7, 11) is 0. The molecular weight excluding hydrogens is 324 g/mol. The Hall–Kier alpha value is -2.04. The molecule has 0 aliphatic carbocycles. The third-order valence-corrected chi connectivity index (χ3v) is 4.24. The van der Waals surface area contributed by atoms with Crippen LogP contribution >= 0.6 is 11.6 Å². The second kappa shape index (κ2) is 8.18. The van der Waals surface area contributed by atoms with Crippen LogP contribution in [0, 0.1) is 0 Å². The van der Waals surface area contributed by atoms with Crippen molar-refractivity contribution in [2.75, 3.05) is 23.8 Å². The molecule has 2 N–H and O–H groups in total. The second-order valence-corrected chi connectivity index (χ2v) is 6.31. The zero-order valence-electron chi connectivity index (χ0n) is 13.4. The van der Waals surface area contributed by atoms with Crippen molar-refractivity contribution < 1.29 is 9.53 Å². The number of rotatable bonds is 6. The van der Waals surface area contributed by atoms with Crippen LogP contribution in [0.15, 0.2) is 48.5 Å². The predicted octanol–water partition coefficient (Wildman–Crippen LogP) is 4.11. The van der Waals surface area contributed by atoms with Crippen molar-refractivity contribution in [1.29, 1.82) is 0 Å². The molecule has 1 atom stereocenters. The van der Waals surface area contributed by atoms with E-state index in [1.807, 2.05) is 42.5 Å². The first-order valence-corrected chi connectivity index (χ1v) is 8.59. The number of hydrogen-bond donors (Lipinski definition) is 2. The molecule has 2 aromatic rings. The van der Waals surface area contributed by atoms with Crippen LogP contribution in [0.5, 0.6) is 0 Å². The molecule has 1 aliphatic rings. The summed E-state index contributed by atoms with van der Waals surface area (Å²) in [4.78, 5) is 12.0. The molecule has 0 aromatic heterocycles. The number of halogens is 1. The molecule has 5 heteroatoms. The summed E-state index contributed by atoms with van der Waals surface area (Å²) in [5.41, 5.74) is 3.01. The quantitative estimate of drug-likeness (QED) is 0.829. The maximum atomic E-state index is 12.0. The van der Waals surface area contributed by atoms with Gasteiger partial charge in [0.1, 0.15) is 6.10 Å². The van der Waals surface area contributed by atoms with Gasteiger partial charge in [0.2, 0.25) is 0 Å². The Labute approximate surface area is 147 Å². The normalized spacial score (nSPS) is 16.8. The molecule has 4 nitrogen and oxygen atoms in total. The average Bonchev–Trinajstić information content (AvgIpc) is 3.11. The van der Waals surface area contributed by atoms with E-state index >= 15 is 0 Å². The summed E-state index contributed by atoms with van der Waals surface area (Å²) < 4.78 is 5.38. The first kappa shape index (κ1) is 16.8. The minimum Gasteiger partial charge on any atom is -0.385 e. The van der Waals surface area contributed by atoms with Crippen LogP contribution in [0.4, 0.5) is 11.4 Å².